The Bertz CT molecular complexity index is 610. The molecule has 2 N–H and O–H groups in total. The second kappa shape index (κ2) is 4.70. The molecule has 0 aliphatic heterocycles. The average Bonchev–Trinajstić information content (AvgIpc) is 2.26. The Morgan fingerprint density at radius 2 is 1.78 bits per heavy atom. The number of hydrogen-bond donors (Lipinski definition) is 1. The molecule has 96 valence electrons. The second-order valence-corrected chi connectivity index (χ2v) is 5.15. The molecule has 0 saturated carbocycles. The molecule has 0 fully saturated rings. The number of hydrogen-bond acceptors (Lipinski definition) is 4. The Balaban J connectivity index is 3.29. The van der Waals surface area contributed by atoms with Crippen molar-refractivity contribution in [2.45, 2.75) is 5.51 Å². The maximum absolute atomic E-state index is 12.2. The highest BCUT2D eigenvalue weighted by Gasteiger charge is 2.48. The first kappa shape index (κ1) is 14.1. The Kier molecular flexibility index (Phi) is 3.67. The van der Waals surface area contributed by atoms with Crippen molar-refractivity contribution in [2.24, 2.45) is 0 Å². The van der Waals surface area contributed by atoms with Gasteiger partial charge in [0.2, 0.25) is 0 Å². The summed E-state index contributed by atoms with van der Waals surface area (Å²) in [7, 11) is -5.63. The molecule has 8 heteroatoms. The van der Waals surface area contributed by atoms with Crippen molar-refractivity contribution < 1.29 is 21.6 Å². The number of anilines is 1. The number of alkyl halides is 3. The summed E-state index contributed by atoms with van der Waals surface area (Å²) < 4.78 is 58.7. The van der Waals surface area contributed by atoms with E-state index in [0.29, 0.717) is 11.8 Å². The van der Waals surface area contributed by atoms with Crippen LogP contribution in [0, 0.1) is 11.3 Å². The highest BCUT2D eigenvalue weighted by Crippen LogP contribution is 2.30. The van der Waals surface area contributed by atoms with E-state index < -0.39 is 20.3 Å². The zero-order chi connectivity index (χ0) is 14.0. The van der Waals surface area contributed by atoms with Gasteiger partial charge in [-0.1, -0.05) is 12.1 Å². The van der Waals surface area contributed by atoms with Crippen molar-refractivity contribution in [1.82, 2.24) is 0 Å². The van der Waals surface area contributed by atoms with Crippen LogP contribution in [0.5, 0.6) is 0 Å². The van der Waals surface area contributed by atoms with Crippen molar-refractivity contribution in [2.75, 3.05) is 5.73 Å². The van der Waals surface area contributed by atoms with Crippen LogP contribution >= 0.6 is 0 Å². The van der Waals surface area contributed by atoms with Gasteiger partial charge < -0.3 is 5.73 Å². The SMILES string of the molecule is N#CC(=Cc1ccc(N)cc1)S(=O)(=O)C(F)(F)F. The minimum atomic E-state index is -5.63. The molecule has 0 radical (unpaired) electrons. The predicted molar refractivity (Wildman–Crippen MR) is 59.4 cm³/mol. The van der Waals surface area contributed by atoms with Crippen LogP contribution in [0.4, 0.5) is 18.9 Å². The van der Waals surface area contributed by atoms with Crippen LogP contribution in [-0.4, -0.2) is 13.9 Å². The van der Waals surface area contributed by atoms with Gasteiger partial charge in [-0.3, -0.25) is 0 Å². The van der Waals surface area contributed by atoms with E-state index in [0.717, 1.165) is 6.07 Å². The number of nitrogen functional groups attached to an aromatic ring is 1. The molecule has 0 atom stereocenters. The topological polar surface area (TPSA) is 83.9 Å². The van der Waals surface area contributed by atoms with E-state index >= 15 is 0 Å². The van der Waals surface area contributed by atoms with Gasteiger partial charge >= 0.3 is 5.51 Å². The summed E-state index contributed by atoms with van der Waals surface area (Å²) in [6.45, 7) is 0. The van der Waals surface area contributed by atoms with Gasteiger partial charge in [0.1, 0.15) is 6.07 Å². The number of halogens is 3. The van der Waals surface area contributed by atoms with Crippen LogP contribution < -0.4 is 5.73 Å². The van der Waals surface area contributed by atoms with Gasteiger partial charge in [-0.15, -0.1) is 0 Å². The van der Waals surface area contributed by atoms with Crippen molar-refractivity contribution in [3.8, 4) is 6.07 Å². The normalized spacial score (nSPS) is 13.1. The predicted octanol–water partition coefficient (Wildman–Crippen LogP) is 2.07. The third-order valence-electron chi connectivity index (χ3n) is 1.94. The lowest BCUT2D eigenvalue weighted by molar-refractivity contribution is -0.0425. The molecule has 0 saturated heterocycles. The van der Waals surface area contributed by atoms with Crippen LogP contribution in [0.3, 0.4) is 0 Å². The molecule has 0 amide bonds. The van der Waals surface area contributed by atoms with Crippen molar-refractivity contribution in [3.05, 3.63) is 34.7 Å². The molecule has 4 nitrogen and oxygen atoms in total. The average molecular weight is 276 g/mol. The Morgan fingerprint density at radius 3 is 2.17 bits per heavy atom. The molecule has 0 aliphatic rings. The molecule has 0 aliphatic carbocycles. The zero-order valence-electron chi connectivity index (χ0n) is 8.77. The third kappa shape index (κ3) is 2.81. The van der Waals surface area contributed by atoms with Gasteiger partial charge in [0.05, 0.1) is 0 Å². The molecule has 0 spiro atoms. The van der Waals surface area contributed by atoms with Gasteiger partial charge in [-0.05, 0) is 23.8 Å². The number of nitriles is 1. The standard InChI is InChI=1S/C10H7F3N2O2S/c11-10(12,13)18(16,17)9(6-14)5-7-1-3-8(15)4-2-7/h1-5H,15H2. The zero-order valence-corrected chi connectivity index (χ0v) is 9.59. The molecular formula is C10H7F3N2O2S. The first-order valence-electron chi connectivity index (χ1n) is 4.47. The van der Waals surface area contributed by atoms with Crippen molar-refractivity contribution in [1.29, 1.82) is 5.26 Å². The fourth-order valence-electron chi connectivity index (χ4n) is 1.04. The summed E-state index contributed by atoms with van der Waals surface area (Å²) in [5.74, 6) is 0. The van der Waals surface area contributed by atoms with E-state index in [4.69, 9.17) is 11.0 Å². The maximum atomic E-state index is 12.2. The van der Waals surface area contributed by atoms with E-state index in [1.54, 1.807) is 0 Å². The number of allylic oxidation sites excluding steroid dienone is 1. The Morgan fingerprint density at radius 1 is 1.28 bits per heavy atom. The van der Waals surface area contributed by atoms with Gasteiger partial charge in [-0.2, -0.15) is 18.4 Å². The maximum Gasteiger partial charge on any atom is 0.502 e. The summed E-state index contributed by atoms with van der Waals surface area (Å²) in [5, 5.41) is 8.52. The van der Waals surface area contributed by atoms with Crippen molar-refractivity contribution in [3.63, 3.8) is 0 Å². The number of nitrogens with zero attached hydrogens (tertiary/aromatic N) is 1. The summed E-state index contributed by atoms with van der Waals surface area (Å²) in [4.78, 5) is -1.36. The summed E-state index contributed by atoms with van der Waals surface area (Å²) in [6.07, 6.45) is 0.641. The lowest BCUT2D eigenvalue weighted by atomic mass is 10.2. The van der Waals surface area contributed by atoms with Crippen LogP contribution in [0.15, 0.2) is 29.2 Å². The number of sulfone groups is 1. The Hall–Kier alpha value is -2.01. The van der Waals surface area contributed by atoms with Crippen LogP contribution in [0.25, 0.3) is 6.08 Å². The summed E-state index contributed by atoms with van der Waals surface area (Å²) in [6, 6.07) is 6.39. The first-order valence-corrected chi connectivity index (χ1v) is 5.95. The van der Waals surface area contributed by atoms with Crippen molar-refractivity contribution >= 4 is 21.6 Å². The molecule has 0 unspecified atom stereocenters. The largest absolute Gasteiger partial charge is 0.502 e. The van der Waals surface area contributed by atoms with Crippen LogP contribution in [0.1, 0.15) is 5.56 Å². The second-order valence-electron chi connectivity index (χ2n) is 3.24. The van der Waals surface area contributed by atoms with Gasteiger partial charge in [0.25, 0.3) is 9.84 Å². The fraction of sp³-hybridized carbons (Fsp3) is 0.100. The van der Waals surface area contributed by atoms with Crippen LogP contribution in [0.2, 0.25) is 0 Å². The minimum absolute atomic E-state index is 0.133. The van der Waals surface area contributed by atoms with E-state index in [2.05, 4.69) is 0 Å². The number of nitrogens with two attached hydrogens (primary N) is 1. The molecule has 0 bridgehead atoms. The molecule has 1 rings (SSSR count). The van der Waals surface area contributed by atoms with E-state index in [1.165, 1.54) is 24.3 Å². The monoisotopic (exact) mass is 276 g/mol. The fourth-order valence-corrected chi connectivity index (χ4v) is 1.70. The molecule has 1 aromatic rings. The lowest BCUT2D eigenvalue weighted by Gasteiger charge is -2.06. The smallest absolute Gasteiger partial charge is 0.399 e. The molecule has 18 heavy (non-hydrogen) atoms. The highest BCUT2D eigenvalue weighted by molar-refractivity contribution is 7.96. The molecular weight excluding hydrogens is 269 g/mol. The highest BCUT2D eigenvalue weighted by atomic mass is 32.2. The van der Waals surface area contributed by atoms with E-state index in [1.807, 2.05) is 0 Å². The third-order valence-corrected chi connectivity index (χ3v) is 3.34. The summed E-state index contributed by atoms with van der Waals surface area (Å²) >= 11 is 0. The number of rotatable bonds is 2. The van der Waals surface area contributed by atoms with Gasteiger partial charge in [0.15, 0.2) is 4.91 Å². The van der Waals surface area contributed by atoms with E-state index in [-0.39, 0.29) is 5.56 Å². The first-order chi connectivity index (χ1) is 8.18. The van der Waals surface area contributed by atoms with Crippen LogP contribution in [-0.2, 0) is 9.84 Å². The Labute approximate surface area is 101 Å². The van der Waals surface area contributed by atoms with E-state index in [9.17, 15) is 21.6 Å². The molecule has 0 heterocycles. The number of benzene rings is 1. The lowest BCUT2D eigenvalue weighted by Crippen LogP contribution is -2.24. The summed E-state index contributed by atoms with van der Waals surface area (Å²) in [5.41, 5.74) is 0.362. The van der Waals surface area contributed by atoms with Gasteiger partial charge in [0, 0.05) is 5.69 Å². The van der Waals surface area contributed by atoms with Gasteiger partial charge in [-0.25, -0.2) is 8.42 Å². The molecule has 1 aromatic carbocycles. The quantitative estimate of drug-likeness (QED) is 0.662. The molecule has 0 aromatic heterocycles. The minimum Gasteiger partial charge on any atom is -0.399 e.